The van der Waals surface area contributed by atoms with Crippen LogP contribution in [0.15, 0.2) is 85.1 Å². The first-order chi connectivity index (χ1) is 33.9. The zero-order valence-corrected chi connectivity index (χ0v) is 46.9. The first kappa shape index (κ1) is 67.2. The van der Waals surface area contributed by atoms with Crippen molar-refractivity contribution in [2.75, 3.05) is 40.9 Å². The fourth-order valence-electron chi connectivity index (χ4n) is 7.67. The topological polar surface area (TPSA) is 111 Å². The molecular weight excluding hydrogens is 892 g/mol. The molecule has 2 N–H and O–H groups in total. The minimum absolute atomic E-state index is 0.0254. The summed E-state index contributed by atoms with van der Waals surface area (Å²) >= 11 is 0. The van der Waals surface area contributed by atoms with Crippen molar-refractivity contribution >= 4 is 19.7 Å². The van der Waals surface area contributed by atoms with Crippen LogP contribution in [-0.2, 0) is 27.9 Å². The van der Waals surface area contributed by atoms with Gasteiger partial charge in [0.1, 0.15) is 19.3 Å². The summed E-state index contributed by atoms with van der Waals surface area (Å²) in [5.41, 5.74) is 0. The van der Waals surface area contributed by atoms with Crippen LogP contribution in [0.2, 0.25) is 0 Å². The van der Waals surface area contributed by atoms with Crippen LogP contribution >= 0.6 is 7.82 Å². The van der Waals surface area contributed by atoms with E-state index < -0.39 is 20.0 Å². The minimum Gasteiger partial charge on any atom is -0.456 e. The first-order valence-electron chi connectivity index (χ1n) is 28.4. The molecule has 1 amide bonds. The number of phosphoric acid groups is 1. The van der Waals surface area contributed by atoms with Gasteiger partial charge in [0.25, 0.3) is 0 Å². The first-order valence-corrected chi connectivity index (χ1v) is 29.9. The summed E-state index contributed by atoms with van der Waals surface area (Å²) < 4.78 is 30.6. The molecule has 0 saturated carbocycles. The number of carbonyl (C=O) groups excluding carboxylic acids is 2. The Bertz CT molecular complexity index is 1480. The van der Waals surface area contributed by atoms with Gasteiger partial charge >= 0.3 is 13.8 Å². The Hall–Kier alpha value is -2.81. The summed E-state index contributed by atoms with van der Waals surface area (Å²) in [7, 11) is 1.45. The molecule has 0 aromatic heterocycles. The molecule has 9 nitrogen and oxygen atoms in total. The smallest absolute Gasteiger partial charge is 0.456 e. The van der Waals surface area contributed by atoms with Crippen molar-refractivity contribution in [2.24, 2.45) is 0 Å². The molecule has 404 valence electrons. The molecule has 0 aliphatic carbocycles. The van der Waals surface area contributed by atoms with E-state index in [1.165, 1.54) is 103 Å². The number of esters is 1. The van der Waals surface area contributed by atoms with Gasteiger partial charge in [-0.05, 0) is 96.0 Å². The number of nitrogens with zero attached hydrogens (tertiary/aromatic N) is 1. The lowest BCUT2D eigenvalue weighted by atomic mass is 10.0. The Labute approximate surface area is 431 Å². The third-order valence-corrected chi connectivity index (χ3v) is 13.1. The molecule has 0 rings (SSSR count). The molecule has 0 aliphatic rings. The molecule has 0 radical (unpaired) electrons. The summed E-state index contributed by atoms with van der Waals surface area (Å²) in [5, 5.41) is 3.01. The van der Waals surface area contributed by atoms with Crippen molar-refractivity contribution in [2.45, 2.75) is 245 Å². The minimum atomic E-state index is -4.46. The second kappa shape index (κ2) is 49.8. The maximum absolute atomic E-state index is 13.5. The Morgan fingerprint density at radius 3 is 1.43 bits per heavy atom. The lowest BCUT2D eigenvalue weighted by Gasteiger charge is -2.27. The average molecular weight is 1000 g/mol. The molecule has 0 aliphatic heterocycles. The van der Waals surface area contributed by atoms with Crippen LogP contribution in [0.25, 0.3) is 0 Å². The molecule has 0 heterocycles. The van der Waals surface area contributed by atoms with E-state index in [2.05, 4.69) is 99.0 Å². The molecular formula is C60H108N2O7P+. The van der Waals surface area contributed by atoms with Gasteiger partial charge in [0.05, 0.1) is 33.8 Å². The third kappa shape index (κ3) is 50.1. The number of rotatable bonds is 50. The van der Waals surface area contributed by atoms with Crippen molar-refractivity contribution in [3.63, 3.8) is 0 Å². The number of hydrogen-bond donors (Lipinski definition) is 2. The summed E-state index contributed by atoms with van der Waals surface area (Å²) in [5.74, 6) is -0.584. The number of nitrogens with one attached hydrogen (secondary N) is 1. The Balaban J connectivity index is 5.49. The number of phosphoric ester groups is 1. The Morgan fingerprint density at radius 2 is 0.929 bits per heavy atom. The highest BCUT2D eigenvalue weighted by molar-refractivity contribution is 7.47. The standard InChI is InChI=1S/C60H107N2O7P/c1-7-10-13-16-19-22-25-28-30-31-32-34-37-40-43-46-49-52-59(63)61-57(56-68-70(65,66)67-55-54-62(4,5)6)58(51-48-45-42-39-36-33-27-24-21-18-15-12-9-3)69-60(64)53-50-47-44-41-38-35-29-26-23-20-17-14-11-8-2/h11,14,19-20,22-23,28,30,32,34,40,43,48,51,57-58H,7-10,12-13,15-18,21,24-27,29,31,33,35-39,41-42,44-47,49-50,52-56H2,1-6H3,(H-,61,63,65,66)/p+1/b14-11+,22-19-,23-20+,30-28-,34-32-,43-40-,51-48+. The number of carbonyl (C=O) groups is 2. The van der Waals surface area contributed by atoms with Crippen LogP contribution in [-0.4, -0.2) is 74.3 Å². The van der Waals surface area contributed by atoms with E-state index in [1.54, 1.807) is 0 Å². The van der Waals surface area contributed by atoms with Gasteiger partial charge in [0.2, 0.25) is 5.91 Å². The van der Waals surface area contributed by atoms with E-state index in [0.717, 1.165) is 89.9 Å². The van der Waals surface area contributed by atoms with Gasteiger partial charge in [-0.3, -0.25) is 18.6 Å². The summed E-state index contributed by atoms with van der Waals surface area (Å²) in [6, 6.07) is -0.883. The number of likely N-dealkylation sites (N-methyl/N-ethyl adjacent to an activating group) is 1. The average Bonchev–Trinajstić information content (AvgIpc) is 3.32. The van der Waals surface area contributed by atoms with Gasteiger partial charge in [-0.25, -0.2) is 4.57 Å². The van der Waals surface area contributed by atoms with Crippen LogP contribution in [0, 0.1) is 0 Å². The van der Waals surface area contributed by atoms with E-state index in [1.807, 2.05) is 33.3 Å². The van der Waals surface area contributed by atoms with E-state index in [-0.39, 0.29) is 37.9 Å². The van der Waals surface area contributed by atoms with Crippen molar-refractivity contribution in [3.8, 4) is 0 Å². The molecule has 0 bridgehead atoms. The second-order valence-corrected chi connectivity index (χ2v) is 21.5. The Morgan fingerprint density at radius 1 is 0.514 bits per heavy atom. The van der Waals surface area contributed by atoms with E-state index in [4.69, 9.17) is 13.8 Å². The van der Waals surface area contributed by atoms with Gasteiger partial charge in [-0.1, -0.05) is 209 Å². The maximum Gasteiger partial charge on any atom is 0.472 e. The normalized spacial score (nSPS) is 14.4. The molecule has 10 heteroatoms. The molecule has 0 fully saturated rings. The van der Waals surface area contributed by atoms with Gasteiger partial charge in [0.15, 0.2) is 0 Å². The highest BCUT2D eigenvalue weighted by atomic mass is 31.2. The number of unbranched alkanes of at least 4 members (excludes halogenated alkanes) is 22. The molecule has 0 aromatic rings. The molecule has 0 aromatic carbocycles. The SMILES string of the molecule is CC/C=C/C/C=C/CCCCCCCCCC(=O)OC(/C=C/CCCCCCCCCCCCC)C(COP(=O)(O)OCC[N+](C)(C)C)NC(=O)CCC/C=C\C/C=C\C/C=C\C/C=C\CCCCC. The lowest BCUT2D eigenvalue weighted by molar-refractivity contribution is -0.870. The fourth-order valence-corrected chi connectivity index (χ4v) is 8.41. The number of hydrogen-bond acceptors (Lipinski definition) is 6. The van der Waals surface area contributed by atoms with E-state index in [0.29, 0.717) is 17.4 Å². The highest BCUT2D eigenvalue weighted by Gasteiger charge is 2.30. The zero-order valence-electron chi connectivity index (χ0n) is 46.0. The second-order valence-electron chi connectivity index (χ2n) is 20.1. The lowest BCUT2D eigenvalue weighted by Crippen LogP contribution is -2.47. The molecule has 0 spiro atoms. The molecule has 3 atom stereocenters. The molecule has 3 unspecified atom stereocenters. The van der Waals surface area contributed by atoms with Crippen LogP contribution in [0.4, 0.5) is 0 Å². The van der Waals surface area contributed by atoms with E-state index in [9.17, 15) is 19.0 Å². The van der Waals surface area contributed by atoms with Crippen LogP contribution in [0.3, 0.4) is 0 Å². The van der Waals surface area contributed by atoms with Crippen molar-refractivity contribution < 1.29 is 37.3 Å². The number of quaternary nitrogens is 1. The fraction of sp³-hybridized carbons (Fsp3) is 0.733. The molecule has 70 heavy (non-hydrogen) atoms. The zero-order chi connectivity index (χ0) is 51.5. The van der Waals surface area contributed by atoms with Crippen molar-refractivity contribution in [3.05, 3.63) is 85.1 Å². The third-order valence-electron chi connectivity index (χ3n) is 12.1. The highest BCUT2D eigenvalue weighted by Crippen LogP contribution is 2.43. The summed E-state index contributed by atoms with van der Waals surface area (Å²) in [4.78, 5) is 37.5. The predicted molar refractivity (Wildman–Crippen MR) is 300 cm³/mol. The van der Waals surface area contributed by atoms with Gasteiger partial charge < -0.3 is 19.4 Å². The van der Waals surface area contributed by atoms with Crippen LogP contribution in [0.1, 0.15) is 233 Å². The predicted octanol–water partition coefficient (Wildman–Crippen LogP) is 17.0. The van der Waals surface area contributed by atoms with Gasteiger partial charge in [-0.2, -0.15) is 0 Å². The van der Waals surface area contributed by atoms with Gasteiger partial charge in [0, 0.05) is 12.8 Å². The number of allylic oxidation sites excluding steroid dienone is 13. The largest absolute Gasteiger partial charge is 0.472 e. The monoisotopic (exact) mass is 1000 g/mol. The summed E-state index contributed by atoms with van der Waals surface area (Å²) in [6.07, 6.45) is 64.4. The molecule has 0 saturated heterocycles. The Kier molecular flexibility index (Phi) is 47.8. The number of ether oxygens (including phenoxy) is 1. The maximum atomic E-state index is 13.5. The number of amides is 1. The van der Waals surface area contributed by atoms with Crippen LogP contribution in [0.5, 0.6) is 0 Å². The van der Waals surface area contributed by atoms with Gasteiger partial charge in [-0.15, -0.1) is 0 Å². The van der Waals surface area contributed by atoms with Crippen molar-refractivity contribution in [1.82, 2.24) is 5.32 Å². The summed E-state index contributed by atoms with van der Waals surface area (Å²) in [6.45, 7) is 6.82. The van der Waals surface area contributed by atoms with E-state index >= 15 is 0 Å². The van der Waals surface area contributed by atoms with Crippen LogP contribution < -0.4 is 5.32 Å². The quantitative estimate of drug-likeness (QED) is 0.0205. The van der Waals surface area contributed by atoms with Crippen molar-refractivity contribution in [1.29, 1.82) is 0 Å².